The van der Waals surface area contributed by atoms with Gasteiger partial charge in [0.15, 0.2) is 6.61 Å². The highest BCUT2D eigenvalue weighted by atomic mass is 32.2. The van der Waals surface area contributed by atoms with Gasteiger partial charge in [0.25, 0.3) is 15.9 Å². The molecule has 1 atom stereocenters. The van der Waals surface area contributed by atoms with Crippen LogP contribution in [-0.2, 0) is 24.3 Å². The summed E-state index contributed by atoms with van der Waals surface area (Å²) in [5.41, 5.74) is 2.16. The minimum atomic E-state index is -3.72. The van der Waals surface area contributed by atoms with Crippen LogP contribution in [0.4, 0.5) is 0 Å². The minimum absolute atomic E-state index is 0.0673. The number of esters is 1. The molecule has 0 aromatic heterocycles. The number of amides is 1. The van der Waals surface area contributed by atoms with Gasteiger partial charge in [-0.3, -0.25) is 14.5 Å². The fourth-order valence-electron chi connectivity index (χ4n) is 3.59. The largest absolute Gasteiger partial charge is 0.454 e. The molecule has 3 aromatic carbocycles. The highest BCUT2D eigenvalue weighted by molar-refractivity contribution is 7.90. The molecule has 0 spiro atoms. The van der Waals surface area contributed by atoms with Crippen LogP contribution in [0.3, 0.4) is 0 Å². The summed E-state index contributed by atoms with van der Waals surface area (Å²) in [6.07, 6.45) is 0. The zero-order chi connectivity index (χ0) is 24.1. The fourth-order valence-corrected chi connectivity index (χ4v) is 4.83. The first-order chi connectivity index (χ1) is 16.3. The number of aliphatic imine (C=N–C) groups is 1. The van der Waals surface area contributed by atoms with E-state index in [-0.39, 0.29) is 10.7 Å². The van der Waals surface area contributed by atoms with Gasteiger partial charge in [-0.25, -0.2) is 13.2 Å². The van der Waals surface area contributed by atoms with Crippen molar-refractivity contribution in [1.82, 2.24) is 10.0 Å². The van der Waals surface area contributed by atoms with E-state index in [0.717, 1.165) is 11.1 Å². The Kier molecular flexibility index (Phi) is 6.74. The van der Waals surface area contributed by atoms with Gasteiger partial charge in [0.1, 0.15) is 11.9 Å². The van der Waals surface area contributed by atoms with Crippen LogP contribution in [0.2, 0.25) is 0 Å². The second-order valence-corrected chi connectivity index (χ2v) is 9.34. The Morgan fingerprint density at radius 1 is 0.912 bits per heavy atom. The molecule has 0 saturated heterocycles. The van der Waals surface area contributed by atoms with Gasteiger partial charge in [0, 0.05) is 5.56 Å². The van der Waals surface area contributed by atoms with E-state index in [0.29, 0.717) is 5.56 Å². The normalized spacial score (nSPS) is 15.9. The summed E-state index contributed by atoms with van der Waals surface area (Å²) in [4.78, 5) is 29.3. The summed E-state index contributed by atoms with van der Waals surface area (Å²) in [7, 11) is -3.72. The first-order valence-corrected chi connectivity index (χ1v) is 12.1. The molecule has 0 bridgehead atoms. The lowest BCUT2D eigenvalue weighted by Gasteiger charge is -2.20. The maximum absolute atomic E-state index is 12.6. The Bertz CT molecular complexity index is 1290. The monoisotopic (exact) mass is 477 g/mol. The van der Waals surface area contributed by atoms with Crippen LogP contribution in [-0.4, -0.2) is 38.8 Å². The lowest BCUT2D eigenvalue weighted by atomic mass is 9.99. The molecule has 0 radical (unpaired) electrons. The Morgan fingerprint density at radius 2 is 1.47 bits per heavy atom. The summed E-state index contributed by atoms with van der Waals surface area (Å²) in [5.74, 6) is -1.15. The number of carbonyl (C=O) groups is 2. The van der Waals surface area contributed by atoms with Crippen LogP contribution >= 0.6 is 0 Å². The van der Waals surface area contributed by atoms with Crippen molar-refractivity contribution < 1.29 is 22.7 Å². The summed E-state index contributed by atoms with van der Waals surface area (Å²) >= 11 is 0. The average Bonchev–Trinajstić information content (AvgIpc) is 3.11. The zero-order valence-electron chi connectivity index (χ0n) is 18.3. The number of benzene rings is 3. The van der Waals surface area contributed by atoms with E-state index in [4.69, 9.17) is 4.74 Å². The molecule has 1 aliphatic rings. The smallest absolute Gasteiger partial charge is 0.331 e. The molecular formula is C25H23N3O5S. The summed E-state index contributed by atoms with van der Waals surface area (Å²) in [5, 5.41) is 2.90. The van der Waals surface area contributed by atoms with Crippen molar-refractivity contribution >= 4 is 27.7 Å². The number of fused-ring (bicyclic) bond motifs is 1. The van der Waals surface area contributed by atoms with Crippen LogP contribution in [0, 0.1) is 0 Å². The van der Waals surface area contributed by atoms with Crippen molar-refractivity contribution in [3.63, 3.8) is 0 Å². The number of sulfonamides is 1. The Morgan fingerprint density at radius 3 is 2.09 bits per heavy atom. The number of hydrogen-bond acceptors (Lipinski definition) is 6. The highest BCUT2D eigenvalue weighted by Crippen LogP contribution is 2.23. The van der Waals surface area contributed by atoms with Crippen LogP contribution in [0.5, 0.6) is 0 Å². The molecule has 0 aliphatic carbocycles. The number of rotatable bonds is 7. The molecular weight excluding hydrogens is 454 g/mol. The lowest BCUT2D eigenvalue weighted by Crippen LogP contribution is -2.34. The topological polar surface area (TPSA) is 114 Å². The second-order valence-electron chi connectivity index (χ2n) is 7.68. The van der Waals surface area contributed by atoms with Crippen LogP contribution in [0.25, 0.3) is 0 Å². The van der Waals surface area contributed by atoms with Crippen LogP contribution in [0.15, 0.2) is 94.8 Å². The third kappa shape index (κ3) is 5.15. The highest BCUT2D eigenvalue weighted by Gasteiger charge is 2.31. The standard InChI is InChI=1S/C25H23N3O5S/c1-17(26-24-20-14-8-9-15-21(20)34(31,32)28-24)25(30)33-16-22(29)27-23(18-10-4-2-5-11-18)19-12-6-3-7-13-19/h2-15,17,23H,16H2,1H3,(H,26,28)(H,27,29)/t17-/m1/s1. The maximum Gasteiger partial charge on any atom is 0.331 e. The van der Waals surface area contributed by atoms with Gasteiger partial charge in [0.05, 0.1) is 10.9 Å². The second kappa shape index (κ2) is 9.88. The van der Waals surface area contributed by atoms with Crippen molar-refractivity contribution in [3.05, 3.63) is 102 Å². The average molecular weight is 478 g/mol. The number of nitrogens with one attached hydrogen (secondary N) is 2. The van der Waals surface area contributed by atoms with Gasteiger partial charge >= 0.3 is 5.97 Å². The molecule has 34 heavy (non-hydrogen) atoms. The summed E-state index contributed by atoms with van der Waals surface area (Å²) in [6.45, 7) is 0.978. The molecule has 1 heterocycles. The van der Waals surface area contributed by atoms with Gasteiger partial charge in [-0.2, -0.15) is 0 Å². The van der Waals surface area contributed by atoms with Crippen molar-refractivity contribution in [2.24, 2.45) is 4.99 Å². The van der Waals surface area contributed by atoms with Gasteiger partial charge < -0.3 is 10.1 Å². The van der Waals surface area contributed by atoms with Gasteiger partial charge in [-0.05, 0) is 30.2 Å². The number of hydrogen-bond donors (Lipinski definition) is 2. The summed E-state index contributed by atoms with van der Waals surface area (Å²) in [6, 6.07) is 23.9. The third-order valence-corrected chi connectivity index (χ3v) is 6.64. The number of carbonyl (C=O) groups excluding carboxylic acids is 2. The van der Waals surface area contributed by atoms with Crippen LogP contribution < -0.4 is 10.0 Å². The molecule has 4 rings (SSSR count). The SMILES string of the molecule is C[C@@H](N=C1NS(=O)(=O)c2ccccc21)C(=O)OCC(=O)NC(c1ccccc1)c1ccccc1. The van der Waals surface area contributed by atoms with E-state index in [1.165, 1.54) is 13.0 Å². The van der Waals surface area contributed by atoms with E-state index >= 15 is 0 Å². The van der Waals surface area contributed by atoms with Crippen LogP contribution in [0.1, 0.15) is 29.7 Å². The van der Waals surface area contributed by atoms with E-state index in [1.807, 2.05) is 60.7 Å². The summed E-state index contributed by atoms with van der Waals surface area (Å²) < 4.78 is 31.9. The van der Waals surface area contributed by atoms with Gasteiger partial charge in [-0.15, -0.1) is 0 Å². The van der Waals surface area contributed by atoms with Gasteiger partial charge in [0.2, 0.25) is 0 Å². The number of amidine groups is 1. The van der Waals surface area contributed by atoms with E-state index in [2.05, 4.69) is 15.0 Å². The maximum atomic E-state index is 12.6. The quantitative estimate of drug-likeness (QED) is 0.508. The third-order valence-electron chi connectivity index (χ3n) is 5.24. The molecule has 0 saturated carbocycles. The molecule has 0 unspecified atom stereocenters. The predicted molar refractivity (Wildman–Crippen MR) is 127 cm³/mol. The number of ether oxygens (including phenoxy) is 1. The fraction of sp³-hybridized carbons (Fsp3) is 0.160. The van der Waals surface area contributed by atoms with E-state index < -0.39 is 40.6 Å². The van der Waals surface area contributed by atoms with Crippen molar-refractivity contribution in [2.75, 3.05) is 6.61 Å². The zero-order valence-corrected chi connectivity index (χ0v) is 19.2. The van der Waals surface area contributed by atoms with Crippen molar-refractivity contribution in [3.8, 4) is 0 Å². The first-order valence-electron chi connectivity index (χ1n) is 10.6. The Labute approximate surface area is 197 Å². The molecule has 1 aliphatic heterocycles. The molecule has 0 fully saturated rings. The lowest BCUT2D eigenvalue weighted by molar-refractivity contribution is -0.149. The first kappa shape index (κ1) is 23.2. The minimum Gasteiger partial charge on any atom is -0.454 e. The molecule has 1 amide bonds. The number of nitrogens with zero attached hydrogens (tertiary/aromatic N) is 1. The molecule has 8 nitrogen and oxygen atoms in total. The Balaban J connectivity index is 1.41. The predicted octanol–water partition coefficient (Wildman–Crippen LogP) is 2.56. The molecule has 174 valence electrons. The molecule has 2 N–H and O–H groups in total. The van der Waals surface area contributed by atoms with Gasteiger partial charge in [-0.1, -0.05) is 72.8 Å². The van der Waals surface area contributed by atoms with Crippen molar-refractivity contribution in [1.29, 1.82) is 0 Å². The van der Waals surface area contributed by atoms with E-state index in [9.17, 15) is 18.0 Å². The Hall–Kier alpha value is -3.98. The molecule has 9 heteroatoms. The van der Waals surface area contributed by atoms with Crippen molar-refractivity contribution in [2.45, 2.75) is 23.9 Å². The molecule has 3 aromatic rings. The van der Waals surface area contributed by atoms with E-state index in [1.54, 1.807) is 18.2 Å².